The molecule has 0 saturated heterocycles. The molecule has 0 saturated carbocycles. The van der Waals surface area contributed by atoms with Crippen molar-refractivity contribution in [1.82, 2.24) is 0 Å². The summed E-state index contributed by atoms with van der Waals surface area (Å²) in [4.78, 5) is 38.0. The zero-order chi connectivity index (χ0) is 46.5. The highest BCUT2D eigenvalue weighted by molar-refractivity contribution is 5.71. The largest absolute Gasteiger partial charge is 0.462 e. The Kier molecular flexibility index (Phi) is 49.4. The lowest BCUT2D eigenvalue weighted by Gasteiger charge is -2.18. The van der Waals surface area contributed by atoms with Crippen LogP contribution in [0.3, 0.4) is 0 Å². The van der Waals surface area contributed by atoms with Gasteiger partial charge in [-0.25, -0.2) is 0 Å². The smallest absolute Gasteiger partial charge is 0.306 e. The molecule has 0 aliphatic rings. The van der Waals surface area contributed by atoms with Gasteiger partial charge in [0, 0.05) is 19.3 Å². The molecule has 6 nitrogen and oxygen atoms in total. The van der Waals surface area contributed by atoms with Crippen LogP contribution in [0.4, 0.5) is 0 Å². The normalized spacial score (nSPS) is 12.7. The highest BCUT2D eigenvalue weighted by Crippen LogP contribution is 2.14. The Bertz CT molecular complexity index is 1250. The van der Waals surface area contributed by atoms with Gasteiger partial charge in [-0.1, -0.05) is 209 Å². The predicted octanol–water partition coefficient (Wildman–Crippen LogP) is 17.6. The van der Waals surface area contributed by atoms with E-state index < -0.39 is 6.10 Å². The van der Waals surface area contributed by atoms with E-state index in [1.807, 2.05) is 0 Å². The van der Waals surface area contributed by atoms with E-state index in [9.17, 15) is 14.4 Å². The van der Waals surface area contributed by atoms with Crippen molar-refractivity contribution in [2.24, 2.45) is 0 Å². The van der Waals surface area contributed by atoms with Crippen LogP contribution >= 0.6 is 0 Å². The fourth-order valence-electron chi connectivity index (χ4n) is 7.16. The lowest BCUT2D eigenvalue weighted by molar-refractivity contribution is -0.167. The van der Waals surface area contributed by atoms with Crippen molar-refractivity contribution >= 4 is 17.9 Å². The maximum absolute atomic E-state index is 12.8. The van der Waals surface area contributed by atoms with Crippen molar-refractivity contribution in [2.75, 3.05) is 13.2 Å². The molecular weight excluding hydrogens is 793 g/mol. The molecule has 0 aromatic heterocycles. The molecule has 0 fully saturated rings. The number of rotatable bonds is 47. The molecule has 0 bridgehead atoms. The zero-order valence-electron chi connectivity index (χ0n) is 41.8. The highest BCUT2D eigenvalue weighted by atomic mass is 16.6. The monoisotopic (exact) mass is 891 g/mol. The number of unbranched alkanes of at least 4 members (excludes halogenated alkanes) is 22. The molecule has 0 rings (SSSR count). The van der Waals surface area contributed by atoms with Crippen LogP contribution in [0.15, 0.2) is 85.1 Å². The van der Waals surface area contributed by atoms with E-state index in [0.29, 0.717) is 19.3 Å². The molecule has 0 N–H and O–H groups in total. The van der Waals surface area contributed by atoms with Crippen LogP contribution < -0.4 is 0 Å². The van der Waals surface area contributed by atoms with E-state index in [1.165, 1.54) is 89.9 Å². The first kappa shape index (κ1) is 60.6. The molecule has 0 aliphatic carbocycles. The van der Waals surface area contributed by atoms with E-state index in [2.05, 4.69) is 106 Å². The van der Waals surface area contributed by atoms with Gasteiger partial charge in [-0.05, 0) is 103 Å². The molecule has 366 valence electrons. The number of carbonyl (C=O) groups is 3. The summed E-state index contributed by atoms with van der Waals surface area (Å²) < 4.78 is 16.8. The molecule has 6 heteroatoms. The average molecular weight is 891 g/mol. The van der Waals surface area contributed by atoms with E-state index >= 15 is 0 Å². The minimum Gasteiger partial charge on any atom is -0.462 e. The second-order valence-electron chi connectivity index (χ2n) is 17.4. The lowest BCUT2D eigenvalue weighted by atomic mass is 10.1. The SMILES string of the molecule is CC/C=C\C/C=C\C/C=C\CCCCCCCCCCCC(=O)OCC(COC(=O)CCCCCCC/C=C\CCCC)OC(=O)CCCCCCCC/C=C\C/C=C\C/C=C\CC. The van der Waals surface area contributed by atoms with Gasteiger partial charge in [0.1, 0.15) is 13.2 Å². The van der Waals surface area contributed by atoms with Crippen molar-refractivity contribution in [3.63, 3.8) is 0 Å². The first-order chi connectivity index (χ1) is 31.5. The summed E-state index contributed by atoms with van der Waals surface area (Å²) in [5, 5.41) is 0. The van der Waals surface area contributed by atoms with Crippen molar-refractivity contribution in [1.29, 1.82) is 0 Å². The maximum atomic E-state index is 12.8. The molecule has 0 aromatic rings. The van der Waals surface area contributed by atoms with E-state index in [4.69, 9.17) is 14.2 Å². The van der Waals surface area contributed by atoms with Gasteiger partial charge in [0.25, 0.3) is 0 Å². The molecule has 0 spiro atoms. The minimum atomic E-state index is -0.789. The van der Waals surface area contributed by atoms with E-state index in [1.54, 1.807) is 0 Å². The lowest BCUT2D eigenvalue weighted by Crippen LogP contribution is -2.30. The Labute approximate surface area is 395 Å². The molecule has 0 heterocycles. The highest BCUT2D eigenvalue weighted by Gasteiger charge is 2.19. The van der Waals surface area contributed by atoms with Gasteiger partial charge in [0.05, 0.1) is 0 Å². The summed E-state index contributed by atoms with van der Waals surface area (Å²) >= 11 is 0. The number of hydrogen-bond donors (Lipinski definition) is 0. The Balaban J connectivity index is 4.38. The minimum absolute atomic E-state index is 0.0877. The first-order valence-electron chi connectivity index (χ1n) is 26.6. The maximum Gasteiger partial charge on any atom is 0.306 e. The second-order valence-corrected chi connectivity index (χ2v) is 17.4. The van der Waals surface area contributed by atoms with Gasteiger partial charge in [-0.2, -0.15) is 0 Å². The van der Waals surface area contributed by atoms with Gasteiger partial charge in [0.2, 0.25) is 0 Å². The second kappa shape index (κ2) is 52.2. The summed E-state index contributed by atoms with van der Waals surface area (Å²) in [6.45, 7) is 6.36. The molecule has 0 amide bonds. The van der Waals surface area contributed by atoms with Gasteiger partial charge in [0.15, 0.2) is 6.10 Å². The number of ether oxygens (including phenoxy) is 3. The predicted molar refractivity (Wildman–Crippen MR) is 274 cm³/mol. The number of esters is 3. The van der Waals surface area contributed by atoms with Crippen LogP contribution in [-0.4, -0.2) is 37.2 Å². The third kappa shape index (κ3) is 49.6. The number of carbonyl (C=O) groups excluding carboxylic acids is 3. The average Bonchev–Trinajstić information content (AvgIpc) is 3.29. The standard InChI is InChI=1S/C58H98O6/c1-4-7-10-13-16-19-22-24-26-28-29-30-32-33-36-39-42-45-48-51-57(60)63-54-55(53-62-56(59)50-47-44-41-38-35-21-18-15-12-9-6-3)64-58(61)52-49-46-43-40-37-34-31-27-25-23-20-17-14-11-8-5-2/h7-8,10-11,15-20,24-27,55H,4-6,9,12-14,21-23,28-54H2,1-3H3/b10-7-,11-8-,18-15-,19-16-,20-17-,26-24-,27-25-. The molecule has 0 aliphatic heterocycles. The van der Waals surface area contributed by atoms with Gasteiger partial charge < -0.3 is 14.2 Å². The Morgan fingerprint density at radius 1 is 0.328 bits per heavy atom. The van der Waals surface area contributed by atoms with Gasteiger partial charge in [-0.15, -0.1) is 0 Å². The van der Waals surface area contributed by atoms with Crippen molar-refractivity contribution < 1.29 is 28.6 Å². The number of hydrogen-bond acceptors (Lipinski definition) is 6. The summed E-state index contributed by atoms with van der Waals surface area (Å²) in [5.41, 5.74) is 0. The topological polar surface area (TPSA) is 78.9 Å². The number of allylic oxidation sites excluding steroid dienone is 14. The van der Waals surface area contributed by atoms with Crippen molar-refractivity contribution in [2.45, 2.75) is 252 Å². The fraction of sp³-hybridized carbons (Fsp3) is 0.707. The quantitative estimate of drug-likeness (QED) is 0.0262. The fourth-order valence-corrected chi connectivity index (χ4v) is 7.16. The van der Waals surface area contributed by atoms with Crippen molar-refractivity contribution in [3.8, 4) is 0 Å². The van der Waals surface area contributed by atoms with Crippen molar-refractivity contribution in [3.05, 3.63) is 85.1 Å². The third-order valence-electron chi connectivity index (χ3n) is 11.1. The van der Waals surface area contributed by atoms with Crippen LogP contribution in [-0.2, 0) is 28.6 Å². The summed E-state index contributed by atoms with van der Waals surface area (Å²) in [7, 11) is 0. The van der Waals surface area contributed by atoms with Crippen LogP contribution in [0.25, 0.3) is 0 Å². The van der Waals surface area contributed by atoms with Gasteiger partial charge >= 0.3 is 17.9 Å². The van der Waals surface area contributed by atoms with E-state index in [-0.39, 0.29) is 31.1 Å². The Hall–Kier alpha value is -3.41. The Morgan fingerprint density at radius 3 is 0.969 bits per heavy atom. The third-order valence-corrected chi connectivity index (χ3v) is 11.1. The molecular formula is C58H98O6. The van der Waals surface area contributed by atoms with Crippen LogP contribution in [0.1, 0.15) is 245 Å². The summed E-state index contributed by atoms with van der Waals surface area (Å²) in [6, 6.07) is 0. The Morgan fingerprint density at radius 2 is 0.609 bits per heavy atom. The molecule has 0 radical (unpaired) electrons. The van der Waals surface area contributed by atoms with Crippen LogP contribution in [0.5, 0.6) is 0 Å². The summed E-state index contributed by atoms with van der Waals surface area (Å²) in [6.07, 6.45) is 67.1. The molecule has 0 aromatic carbocycles. The molecule has 1 unspecified atom stereocenters. The molecule has 64 heavy (non-hydrogen) atoms. The zero-order valence-corrected chi connectivity index (χ0v) is 41.8. The van der Waals surface area contributed by atoms with Crippen LogP contribution in [0.2, 0.25) is 0 Å². The molecule has 1 atom stereocenters. The van der Waals surface area contributed by atoms with Gasteiger partial charge in [-0.3, -0.25) is 14.4 Å². The summed E-state index contributed by atoms with van der Waals surface area (Å²) in [5.74, 6) is -0.915. The van der Waals surface area contributed by atoms with Crippen LogP contribution in [0, 0.1) is 0 Å². The van der Waals surface area contributed by atoms with E-state index in [0.717, 1.165) is 116 Å². The first-order valence-corrected chi connectivity index (χ1v) is 26.6.